The first-order valence-corrected chi connectivity index (χ1v) is 13.1. The number of carbonyl (C=O) groups is 1. The second kappa shape index (κ2) is 13.6. The third-order valence-electron chi connectivity index (χ3n) is 6.00. The summed E-state index contributed by atoms with van der Waals surface area (Å²) in [6.07, 6.45) is 4.35. The van der Waals surface area contributed by atoms with Crippen LogP contribution in [-0.2, 0) is 20.8 Å². The molecule has 4 rings (SSSR count). The molecule has 1 amide bonds. The van der Waals surface area contributed by atoms with Gasteiger partial charge in [-0.3, -0.25) is 9.48 Å². The number of nitrogens with one attached hydrogen (secondary N) is 2. The molecule has 0 spiro atoms. The summed E-state index contributed by atoms with van der Waals surface area (Å²) < 4.78 is 23.0. The highest BCUT2D eigenvalue weighted by molar-refractivity contribution is 6.41. The Balaban J connectivity index is 1.93. The molecule has 0 aliphatic heterocycles. The molecular weight excluding hydrogens is 573 g/mol. The van der Waals surface area contributed by atoms with Crippen molar-refractivity contribution >= 4 is 51.5 Å². The van der Waals surface area contributed by atoms with Crippen LogP contribution in [0, 0.1) is 0 Å². The number of amides is 1. The summed E-state index contributed by atoms with van der Waals surface area (Å²) in [4.78, 5) is 26.4. The number of hydrogen-bond acceptors (Lipinski definition) is 10. The largest absolute Gasteiger partial charge is 0.495 e. The van der Waals surface area contributed by atoms with Crippen LogP contribution < -0.4 is 20.1 Å². The van der Waals surface area contributed by atoms with Gasteiger partial charge in [-0.2, -0.15) is 5.10 Å². The number of rotatable bonds is 13. The van der Waals surface area contributed by atoms with Crippen molar-refractivity contribution in [2.24, 2.45) is 0 Å². The van der Waals surface area contributed by atoms with Gasteiger partial charge in [0.15, 0.2) is 11.6 Å². The van der Waals surface area contributed by atoms with Gasteiger partial charge in [-0.15, -0.1) is 0 Å². The topological polar surface area (TPSA) is 135 Å². The highest BCUT2D eigenvalue weighted by Gasteiger charge is 2.23. The van der Waals surface area contributed by atoms with E-state index in [1.165, 1.54) is 26.5 Å². The molecule has 216 valence electrons. The molecule has 0 aliphatic carbocycles. The number of hydrogen-bond donors (Lipinski definition) is 2. The molecule has 3 aromatic heterocycles. The van der Waals surface area contributed by atoms with E-state index >= 15 is 0 Å². The van der Waals surface area contributed by atoms with Crippen LogP contribution in [0.5, 0.6) is 11.5 Å². The van der Waals surface area contributed by atoms with Crippen LogP contribution in [0.4, 0.5) is 11.5 Å². The maximum atomic E-state index is 12.1. The molecule has 0 saturated carbocycles. The van der Waals surface area contributed by atoms with Gasteiger partial charge in [-0.05, 0) is 12.1 Å². The van der Waals surface area contributed by atoms with E-state index < -0.39 is 5.91 Å². The average Bonchev–Trinajstić information content (AvgIpc) is 3.38. The van der Waals surface area contributed by atoms with Crippen molar-refractivity contribution in [2.75, 3.05) is 58.8 Å². The maximum Gasteiger partial charge on any atom is 0.247 e. The molecule has 1 aromatic carbocycles. The average molecular weight is 602 g/mol. The molecule has 0 radical (unpaired) electrons. The SMILES string of the molecule is C=CC(=O)Nc1cnn(CCOC)c1-c1ncc2cc(-c3c(Cl)c(OC)cc(OC)c3Cl)nc(NCCOC)c2n1. The fraction of sp³-hybridized carbons (Fsp3) is 0.296. The van der Waals surface area contributed by atoms with Crippen molar-refractivity contribution in [2.45, 2.75) is 6.54 Å². The Morgan fingerprint density at radius 2 is 1.73 bits per heavy atom. The van der Waals surface area contributed by atoms with E-state index in [1.807, 2.05) is 0 Å². The van der Waals surface area contributed by atoms with E-state index in [1.54, 1.807) is 37.2 Å². The Morgan fingerprint density at radius 1 is 1.02 bits per heavy atom. The summed E-state index contributed by atoms with van der Waals surface area (Å²) in [7, 11) is 6.20. The number of nitrogens with zero attached hydrogens (tertiary/aromatic N) is 5. The third-order valence-corrected chi connectivity index (χ3v) is 6.75. The smallest absolute Gasteiger partial charge is 0.247 e. The number of anilines is 2. The molecule has 2 N–H and O–H groups in total. The minimum atomic E-state index is -0.394. The number of methoxy groups -OCH3 is 4. The summed E-state index contributed by atoms with van der Waals surface area (Å²) in [5.74, 6) is 1.11. The van der Waals surface area contributed by atoms with Gasteiger partial charge in [0.1, 0.15) is 22.7 Å². The maximum absolute atomic E-state index is 12.1. The molecule has 14 heteroatoms. The van der Waals surface area contributed by atoms with Gasteiger partial charge < -0.3 is 29.6 Å². The van der Waals surface area contributed by atoms with Gasteiger partial charge in [0.2, 0.25) is 5.91 Å². The molecule has 0 aliphatic rings. The van der Waals surface area contributed by atoms with Gasteiger partial charge in [0, 0.05) is 44.0 Å². The standard InChI is InChI=1S/C27H29Cl2N7O5/c1-6-20(37)33-17-14-32-36(8-10-39-3)25(17)27-31-13-15-11-16(34-26(24(15)35-27)30-7-9-38-2)21-22(28)18(40-4)12-19(41-5)23(21)29/h6,11-14H,1,7-10H2,2-5H3,(H,30,34)(H,33,37). The van der Waals surface area contributed by atoms with Crippen LogP contribution >= 0.6 is 23.2 Å². The second-order valence-corrected chi connectivity index (χ2v) is 9.26. The fourth-order valence-corrected chi connectivity index (χ4v) is 4.72. The van der Waals surface area contributed by atoms with Crippen molar-refractivity contribution in [3.63, 3.8) is 0 Å². The third kappa shape index (κ3) is 6.35. The molecular formula is C27H29Cl2N7O5. The summed E-state index contributed by atoms with van der Waals surface area (Å²) in [5.41, 5.74) is 2.31. The van der Waals surface area contributed by atoms with E-state index in [2.05, 4.69) is 27.3 Å². The van der Waals surface area contributed by atoms with Crippen LogP contribution in [0.15, 0.2) is 37.2 Å². The van der Waals surface area contributed by atoms with Crippen LogP contribution in [0.3, 0.4) is 0 Å². The minimum Gasteiger partial charge on any atom is -0.495 e. The lowest BCUT2D eigenvalue weighted by atomic mass is 10.1. The number of benzene rings is 1. The number of fused-ring (bicyclic) bond motifs is 1. The van der Waals surface area contributed by atoms with Gasteiger partial charge in [0.05, 0.1) is 61.6 Å². The van der Waals surface area contributed by atoms with Gasteiger partial charge in [-0.25, -0.2) is 15.0 Å². The molecule has 0 bridgehead atoms. The normalized spacial score (nSPS) is 11.0. The molecule has 3 heterocycles. The predicted molar refractivity (Wildman–Crippen MR) is 158 cm³/mol. The van der Waals surface area contributed by atoms with Crippen molar-refractivity contribution < 1.29 is 23.7 Å². The first-order valence-electron chi connectivity index (χ1n) is 12.4. The molecule has 0 saturated heterocycles. The molecule has 0 fully saturated rings. The van der Waals surface area contributed by atoms with Gasteiger partial charge >= 0.3 is 0 Å². The number of carbonyl (C=O) groups excluding carboxylic acids is 1. The van der Waals surface area contributed by atoms with E-state index in [0.29, 0.717) is 83.0 Å². The number of ether oxygens (including phenoxy) is 4. The van der Waals surface area contributed by atoms with Crippen LogP contribution in [0.2, 0.25) is 10.0 Å². The summed E-state index contributed by atoms with van der Waals surface area (Å²) in [6, 6.07) is 3.38. The summed E-state index contributed by atoms with van der Waals surface area (Å²) in [6.45, 7) is 5.17. The zero-order chi connectivity index (χ0) is 29.5. The highest BCUT2D eigenvalue weighted by Crippen LogP contribution is 2.46. The fourth-order valence-electron chi connectivity index (χ4n) is 4.03. The zero-order valence-corrected chi connectivity index (χ0v) is 24.5. The Bertz CT molecular complexity index is 1550. The summed E-state index contributed by atoms with van der Waals surface area (Å²) in [5, 5.41) is 11.6. The Kier molecular flexibility index (Phi) is 9.95. The first kappa shape index (κ1) is 30.0. The molecule has 12 nitrogen and oxygen atoms in total. The van der Waals surface area contributed by atoms with Crippen LogP contribution in [0.25, 0.3) is 33.7 Å². The van der Waals surface area contributed by atoms with Crippen molar-refractivity contribution in [3.05, 3.63) is 47.2 Å². The quantitative estimate of drug-likeness (QED) is 0.164. The number of halogens is 2. The lowest BCUT2D eigenvalue weighted by molar-refractivity contribution is -0.111. The number of aromatic nitrogens is 5. The second-order valence-electron chi connectivity index (χ2n) is 8.51. The lowest BCUT2D eigenvalue weighted by Crippen LogP contribution is -2.13. The monoisotopic (exact) mass is 601 g/mol. The van der Waals surface area contributed by atoms with Crippen LogP contribution in [-0.4, -0.2) is 78.8 Å². The van der Waals surface area contributed by atoms with Crippen molar-refractivity contribution in [1.82, 2.24) is 24.7 Å². The summed E-state index contributed by atoms with van der Waals surface area (Å²) >= 11 is 13.4. The lowest BCUT2D eigenvalue weighted by Gasteiger charge is -2.16. The van der Waals surface area contributed by atoms with Gasteiger partial charge in [-0.1, -0.05) is 29.8 Å². The Morgan fingerprint density at radius 3 is 2.37 bits per heavy atom. The predicted octanol–water partition coefficient (Wildman–Crippen LogP) is 4.71. The van der Waals surface area contributed by atoms with Crippen molar-refractivity contribution in [3.8, 4) is 34.3 Å². The molecule has 41 heavy (non-hydrogen) atoms. The number of pyridine rings is 1. The minimum absolute atomic E-state index is 0.273. The molecule has 4 aromatic rings. The van der Waals surface area contributed by atoms with Crippen LogP contribution in [0.1, 0.15) is 0 Å². The van der Waals surface area contributed by atoms with E-state index in [9.17, 15) is 4.79 Å². The zero-order valence-electron chi connectivity index (χ0n) is 23.0. The Labute approximate surface area is 246 Å². The van der Waals surface area contributed by atoms with Gasteiger partial charge in [0.25, 0.3) is 0 Å². The van der Waals surface area contributed by atoms with Crippen molar-refractivity contribution in [1.29, 1.82) is 0 Å². The molecule has 0 unspecified atom stereocenters. The molecule has 0 atom stereocenters. The highest BCUT2D eigenvalue weighted by atomic mass is 35.5. The van der Waals surface area contributed by atoms with E-state index in [4.69, 9.17) is 52.1 Å². The first-order chi connectivity index (χ1) is 19.9. The van der Waals surface area contributed by atoms with E-state index in [0.717, 1.165) is 0 Å². The Hall–Kier alpha value is -3.97. The van der Waals surface area contributed by atoms with E-state index in [-0.39, 0.29) is 10.0 Å².